The van der Waals surface area contributed by atoms with Crippen molar-refractivity contribution in [3.8, 4) is 0 Å². The molecule has 0 spiro atoms. The summed E-state index contributed by atoms with van der Waals surface area (Å²) in [5, 5.41) is 5.87. The third-order valence-corrected chi connectivity index (χ3v) is 6.05. The standard InChI is InChI=1S/C30H51N3O4/c1-12-13-14-15-18-33(27(35)24(20(2)3)31-28(36)37-30(9,10)11)25(26(34)32-29(6,7)8)23-17-16-21(4)22(5)19-23/h16-17,19-20,24-25H,12-15,18H2,1-11H3,(H,31,36)(H,32,34). The van der Waals surface area contributed by atoms with Gasteiger partial charge in [-0.25, -0.2) is 4.79 Å². The molecule has 0 saturated carbocycles. The van der Waals surface area contributed by atoms with Crippen LogP contribution in [0.1, 0.15) is 111 Å². The first kappa shape index (κ1) is 32.5. The van der Waals surface area contributed by atoms with E-state index in [0.29, 0.717) is 6.54 Å². The number of carbonyl (C=O) groups excluding carboxylic acids is 3. The Kier molecular flexibility index (Phi) is 12.1. The maximum Gasteiger partial charge on any atom is 0.408 e. The molecule has 3 amide bonds. The summed E-state index contributed by atoms with van der Waals surface area (Å²) in [6, 6.07) is 4.24. The lowest BCUT2D eigenvalue weighted by Gasteiger charge is -2.37. The Morgan fingerprint density at radius 2 is 1.57 bits per heavy atom. The fourth-order valence-electron chi connectivity index (χ4n) is 4.05. The van der Waals surface area contributed by atoms with E-state index in [1.54, 1.807) is 25.7 Å². The first-order valence-corrected chi connectivity index (χ1v) is 13.7. The van der Waals surface area contributed by atoms with Crippen LogP contribution >= 0.6 is 0 Å². The molecule has 0 heterocycles. The minimum Gasteiger partial charge on any atom is -0.444 e. The van der Waals surface area contributed by atoms with E-state index in [0.717, 1.165) is 42.4 Å². The van der Waals surface area contributed by atoms with Gasteiger partial charge >= 0.3 is 6.09 Å². The Labute approximate surface area is 225 Å². The Morgan fingerprint density at radius 1 is 0.946 bits per heavy atom. The number of nitrogens with zero attached hydrogens (tertiary/aromatic N) is 1. The minimum atomic E-state index is -0.836. The van der Waals surface area contributed by atoms with Crippen LogP contribution in [0.3, 0.4) is 0 Å². The molecule has 7 nitrogen and oxygen atoms in total. The highest BCUT2D eigenvalue weighted by atomic mass is 16.6. The summed E-state index contributed by atoms with van der Waals surface area (Å²) >= 11 is 0. The Bertz CT molecular complexity index is 912. The van der Waals surface area contributed by atoms with Crippen molar-refractivity contribution in [2.75, 3.05) is 6.54 Å². The summed E-state index contributed by atoms with van der Waals surface area (Å²) in [7, 11) is 0. The molecule has 0 aliphatic heterocycles. The van der Waals surface area contributed by atoms with E-state index in [9.17, 15) is 14.4 Å². The van der Waals surface area contributed by atoms with Crippen LogP contribution in [-0.4, -0.2) is 46.5 Å². The predicted molar refractivity (Wildman–Crippen MR) is 150 cm³/mol. The van der Waals surface area contributed by atoms with Crippen molar-refractivity contribution in [2.24, 2.45) is 5.92 Å². The molecule has 2 N–H and O–H groups in total. The summed E-state index contributed by atoms with van der Waals surface area (Å²) in [5.41, 5.74) is 1.76. The van der Waals surface area contributed by atoms with Gasteiger partial charge in [-0.05, 0) is 84.4 Å². The Balaban J connectivity index is 3.55. The normalized spacial score (nSPS) is 13.6. The number of benzene rings is 1. The average molecular weight is 518 g/mol. The van der Waals surface area contributed by atoms with Crippen molar-refractivity contribution in [3.05, 3.63) is 34.9 Å². The second-order valence-corrected chi connectivity index (χ2v) is 12.4. The molecule has 1 aromatic carbocycles. The molecule has 0 aliphatic carbocycles. The van der Waals surface area contributed by atoms with E-state index < -0.39 is 29.3 Å². The Morgan fingerprint density at radius 3 is 2.05 bits per heavy atom. The van der Waals surface area contributed by atoms with E-state index in [4.69, 9.17) is 4.74 Å². The fourth-order valence-corrected chi connectivity index (χ4v) is 4.05. The monoisotopic (exact) mass is 517 g/mol. The molecule has 0 aliphatic rings. The van der Waals surface area contributed by atoms with Crippen molar-refractivity contribution in [2.45, 2.75) is 125 Å². The number of hydrogen-bond donors (Lipinski definition) is 2. The Hall–Kier alpha value is -2.57. The summed E-state index contributed by atoms with van der Waals surface area (Å²) in [6.07, 6.45) is 3.18. The smallest absolute Gasteiger partial charge is 0.408 e. The number of hydrogen-bond acceptors (Lipinski definition) is 4. The highest BCUT2D eigenvalue weighted by Gasteiger charge is 2.38. The molecule has 1 aromatic rings. The number of ether oxygens (including phenoxy) is 1. The maximum atomic E-state index is 14.2. The zero-order chi connectivity index (χ0) is 28.6. The van der Waals surface area contributed by atoms with Crippen LogP contribution in [0.4, 0.5) is 4.79 Å². The largest absolute Gasteiger partial charge is 0.444 e. The highest BCUT2D eigenvalue weighted by Crippen LogP contribution is 2.27. The molecule has 0 fully saturated rings. The molecule has 7 heteroatoms. The lowest BCUT2D eigenvalue weighted by molar-refractivity contribution is -0.144. The minimum absolute atomic E-state index is 0.204. The van der Waals surface area contributed by atoms with Gasteiger partial charge in [0.15, 0.2) is 0 Å². The van der Waals surface area contributed by atoms with Gasteiger partial charge in [-0.1, -0.05) is 58.2 Å². The second-order valence-electron chi connectivity index (χ2n) is 12.4. The summed E-state index contributed by atoms with van der Waals surface area (Å²) in [4.78, 5) is 42.3. The summed E-state index contributed by atoms with van der Waals surface area (Å²) in [6.45, 7) is 21.5. The molecule has 37 heavy (non-hydrogen) atoms. The highest BCUT2D eigenvalue weighted by molar-refractivity contribution is 5.92. The average Bonchev–Trinajstić information content (AvgIpc) is 2.73. The van der Waals surface area contributed by atoms with Crippen molar-refractivity contribution in [1.82, 2.24) is 15.5 Å². The SMILES string of the molecule is CCCCCCN(C(=O)C(NC(=O)OC(C)(C)C)C(C)C)C(C(=O)NC(C)(C)C)c1ccc(C)c(C)c1. The van der Waals surface area contributed by atoms with Gasteiger partial charge in [0.2, 0.25) is 11.8 Å². The van der Waals surface area contributed by atoms with Crippen LogP contribution < -0.4 is 10.6 Å². The topological polar surface area (TPSA) is 87.7 Å². The number of rotatable bonds is 11. The van der Waals surface area contributed by atoms with Gasteiger partial charge in [-0.3, -0.25) is 9.59 Å². The number of alkyl carbamates (subject to hydrolysis) is 1. The third-order valence-electron chi connectivity index (χ3n) is 6.05. The van der Waals surface area contributed by atoms with Crippen molar-refractivity contribution >= 4 is 17.9 Å². The molecule has 0 radical (unpaired) electrons. The quantitative estimate of drug-likeness (QED) is 0.341. The fraction of sp³-hybridized carbons (Fsp3) is 0.700. The van der Waals surface area contributed by atoms with Crippen LogP contribution in [0, 0.1) is 19.8 Å². The third kappa shape index (κ3) is 11.1. The van der Waals surface area contributed by atoms with Gasteiger partial charge < -0.3 is 20.3 Å². The van der Waals surface area contributed by atoms with Crippen LogP contribution in [0.15, 0.2) is 18.2 Å². The first-order valence-electron chi connectivity index (χ1n) is 13.7. The molecule has 1 rings (SSSR count). The van der Waals surface area contributed by atoms with E-state index in [1.807, 2.05) is 66.7 Å². The predicted octanol–water partition coefficient (Wildman–Crippen LogP) is 6.22. The second kappa shape index (κ2) is 13.8. The molecular formula is C30H51N3O4. The van der Waals surface area contributed by atoms with Gasteiger partial charge in [-0.15, -0.1) is 0 Å². The molecule has 2 unspecified atom stereocenters. The first-order chi connectivity index (χ1) is 17.0. The molecule has 210 valence electrons. The van der Waals surface area contributed by atoms with Crippen molar-refractivity contribution in [1.29, 1.82) is 0 Å². The number of aryl methyl sites for hydroxylation is 2. The molecule has 0 bridgehead atoms. The van der Waals surface area contributed by atoms with Gasteiger partial charge in [-0.2, -0.15) is 0 Å². The summed E-state index contributed by atoms with van der Waals surface area (Å²) < 4.78 is 5.45. The van der Waals surface area contributed by atoms with Crippen molar-refractivity contribution in [3.63, 3.8) is 0 Å². The summed E-state index contributed by atoms with van der Waals surface area (Å²) in [5.74, 6) is -0.728. The number of carbonyl (C=O) groups is 3. The molecular weight excluding hydrogens is 466 g/mol. The van der Waals surface area contributed by atoms with Crippen LogP contribution in [0.25, 0.3) is 0 Å². The van der Waals surface area contributed by atoms with E-state index in [2.05, 4.69) is 17.6 Å². The zero-order valence-electron chi connectivity index (χ0n) is 25.1. The van der Waals surface area contributed by atoms with E-state index >= 15 is 0 Å². The molecule has 2 atom stereocenters. The van der Waals surface area contributed by atoms with Gasteiger partial charge in [0.05, 0.1) is 0 Å². The lowest BCUT2D eigenvalue weighted by atomic mass is 9.95. The van der Waals surface area contributed by atoms with Crippen LogP contribution in [0.5, 0.6) is 0 Å². The van der Waals surface area contributed by atoms with E-state index in [1.165, 1.54) is 0 Å². The van der Waals surface area contributed by atoms with Crippen LogP contribution in [-0.2, 0) is 14.3 Å². The number of unbranched alkanes of at least 4 members (excludes halogenated alkanes) is 3. The zero-order valence-corrected chi connectivity index (χ0v) is 25.1. The van der Waals surface area contributed by atoms with Gasteiger partial charge in [0, 0.05) is 12.1 Å². The number of amides is 3. The number of nitrogens with one attached hydrogen (secondary N) is 2. The lowest BCUT2D eigenvalue weighted by Crippen LogP contribution is -2.56. The molecule has 0 aromatic heterocycles. The van der Waals surface area contributed by atoms with Crippen molar-refractivity contribution < 1.29 is 19.1 Å². The van der Waals surface area contributed by atoms with E-state index in [-0.39, 0.29) is 17.7 Å². The van der Waals surface area contributed by atoms with Crippen LogP contribution in [0.2, 0.25) is 0 Å². The van der Waals surface area contributed by atoms with Gasteiger partial charge in [0.1, 0.15) is 17.7 Å². The van der Waals surface area contributed by atoms with Gasteiger partial charge in [0.25, 0.3) is 0 Å². The maximum absolute atomic E-state index is 14.2. The molecule has 0 saturated heterocycles.